The van der Waals surface area contributed by atoms with E-state index in [4.69, 9.17) is 0 Å². The van der Waals surface area contributed by atoms with Gasteiger partial charge in [-0.25, -0.2) is 0 Å². The fourth-order valence-electron chi connectivity index (χ4n) is 4.16. The van der Waals surface area contributed by atoms with Crippen LogP contribution in [0.1, 0.15) is 43.2 Å². The van der Waals surface area contributed by atoms with E-state index in [0.29, 0.717) is 0 Å². The van der Waals surface area contributed by atoms with Crippen LogP contribution in [0.25, 0.3) is 0 Å². The molecule has 3 rings (SSSR count). The van der Waals surface area contributed by atoms with Gasteiger partial charge in [0.15, 0.2) is 0 Å². The smallest absolute Gasteiger partial charge is 0.0233 e. The molecule has 2 fully saturated rings. The van der Waals surface area contributed by atoms with Crippen LogP contribution in [-0.4, -0.2) is 31.6 Å². The molecule has 1 saturated carbocycles. The lowest BCUT2D eigenvalue weighted by atomic mass is 9.75. The summed E-state index contributed by atoms with van der Waals surface area (Å²) in [6.45, 7) is 4.86. The van der Waals surface area contributed by atoms with Crippen LogP contribution in [-0.2, 0) is 13.0 Å². The molecule has 1 aromatic carbocycles. The van der Waals surface area contributed by atoms with Gasteiger partial charge in [0.1, 0.15) is 0 Å². The van der Waals surface area contributed by atoms with Gasteiger partial charge in [-0.1, -0.05) is 43.5 Å². The summed E-state index contributed by atoms with van der Waals surface area (Å²) in [6.07, 6.45) is 8.49. The number of nitrogens with one attached hydrogen (secondary N) is 1. The van der Waals surface area contributed by atoms with Crippen molar-refractivity contribution in [3.8, 4) is 0 Å². The fraction of sp³-hybridized carbons (Fsp3) is 0.684. The summed E-state index contributed by atoms with van der Waals surface area (Å²) in [4.78, 5) is 2.69. The van der Waals surface area contributed by atoms with Crippen LogP contribution >= 0.6 is 0 Å². The Balaban J connectivity index is 1.52. The molecule has 0 aromatic heterocycles. The minimum absolute atomic E-state index is 0.988. The van der Waals surface area contributed by atoms with Gasteiger partial charge in [-0.3, -0.25) is 4.90 Å². The first kappa shape index (κ1) is 15.1. The van der Waals surface area contributed by atoms with Crippen molar-refractivity contribution in [3.63, 3.8) is 0 Å². The first-order valence-corrected chi connectivity index (χ1v) is 8.80. The van der Waals surface area contributed by atoms with Crippen LogP contribution in [0.4, 0.5) is 0 Å². The van der Waals surface area contributed by atoms with Gasteiger partial charge in [0.2, 0.25) is 0 Å². The van der Waals surface area contributed by atoms with Crippen LogP contribution in [0.15, 0.2) is 24.3 Å². The lowest BCUT2D eigenvalue weighted by Crippen LogP contribution is -2.41. The molecule has 21 heavy (non-hydrogen) atoms. The van der Waals surface area contributed by atoms with Gasteiger partial charge in [0, 0.05) is 13.1 Å². The Bertz CT molecular complexity index is 426. The summed E-state index contributed by atoms with van der Waals surface area (Å²) < 4.78 is 0. The zero-order valence-corrected chi connectivity index (χ0v) is 13.5. The molecule has 2 heteroatoms. The molecular weight excluding hydrogens is 256 g/mol. The van der Waals surface area contributed by atoms with Crippen molar-refractivity contribution in [2.45, 2.75) is 45.1 Å². The van der Waals surface area contributed by atoms with Crippen molar-refractivity contribution in [1.29, 1.82) is 0 Å². The molecule has 1 N–H and O–H groups in total. The highest BCUT2D eigenvalue weighted by Gasteiger charge is 2.30. The lowest BCUT2D eigenvalue weighted by molar-refractivity contribution is 0.0820. The Morgan fingerprint density at radius 2 is 1.71 bits per heavy atom. The van der Waals surface area contributed by atoms with E-state index in [1.165, 1.54) is 56.3 Å². The SMILES string of the molecule is CNCCc1ccc(CN2CCC3CCCCC3C2)cc1. The Hall–Kier alpha value is -0.860. The number of rotatable bonds is 5. The zero-order valence-electron chi connectivity index (χ0n) is 13.5. The fourth-order valence-corrected chi connectivity index (χ4v) is 4.16. The summed E-state index contributed by atoms with van der Waals surface area (Å²) >= 11 is 0. The molecule has 0 spiro atoms. The Morgan fingerprint density at radius 3 is 2.48 bits per heavy atom. The number of hydrogen-bond donors (Lipinski definition) is 1. The number of hydrogen-bond acceptors (Lipinski definition) is 2. The molecule has 1 aliphatic carbocycles. The third-order valence-electron chi connectivity index (χ3n) is 5.47. The molecule has 1 aliphatic heterocycles. The van der Waals surface area contributed by atoms with Crippen LogP contribution in [0, 0.1) is 11.8 Å². The van der Waals surface area contributed by atoms with Gasteiger partial charge in [0.05, 0.1) is 0 Å². The zero-order chi connectivity index (χ0) is 14.5. The molecular formula is C19H30N2. The van der Waals surface area contributed by atoms with Crippen molar-refractivity contribution >= 4 is 0 Å². The molecule has 1 aromatic rings. The van der Waals surface area contributed by atoms with E-state index in [0.717, 1.165) is 31.3 Å². The normalized spacial score (nSPS) is 26.5. The lowest BCUT2D eigenvalue weighted by Gasteiger charge is -2.41. The Kier molecular flexibility index (Phi) is 5.32. The second-order valence-electron chi connectivity index (χ2n) is 7.00. The Labute approximate surface area is 129 Å². The van der Waals surface area contributed by atoms with Crippen LogP contribution < -0.4 is 5.32 Å². The largest absolute Gasteiger partial charge is 0.319 e. The second-order valence-corrected chi connectivity index (χ2v) is 7.00. The van der Waals surface area contributed by atoms with E-state index in [1.807, 2.05) is 7.05 Å². The van der Waals surface area contributed by atoms with Crippen molar-refractivity contribution < 1.29 is 0 Å². The molecule has 0 bridgehead atoms. The third kappa shape index (κ3) is 4.08. The predicted octanol–water partition coefficient (Wildman–Crippen LogP) is 3.46. The molecule has 116 valence electrons. The van der Waals surface area contributed by atoms with Gasteiger partial charge >= 0.3 is 0 Å². The Morgan fingerprint density at radius 1 is 1.00 bits per heavy atom. The van der Waals surface area contributed by atoms with Crippen molar-refractivity contribution in [2.75, 3.05) is 26.7 Å². The number of nitrogens with zero attached hydrogens (tertiary/aromatic N) is 1. The summed E-state index contributed by atoms with van der Waals surface area (Å²) in [6, 6.07) is 9.27. The van der Waals surface area contributed by atoms with Gasteiger partial charge in [-0.2, -0.15) is 0 Å². The molecule has 0 radical (unpaired) electrons. The van der Waals surface area contributed by atoms with E-state index in [2.05, 4.69) is 34.5 Å². The monoisotopic (exact) mass is 286 g/mol. The molecule has 1 heterocycles. The summed E-state index contributed by atoms with van der Waals surface area (Å²) in [5, 5.41) is 3.21. The second kappa shape index (κ2) is 7.42. The summed E-state index contributed by atoms with van der Waals surface area (Å²) in [7, 11) is 2.02. The maximum Gasteiger partial charge on any atom is 0.0233 e. The van der Waals surface area contributed by atoms with Gasteiger partial charge in [-0.15, -0.1) is 0 Å². The topological polar surface area (TPSA) is 15.3 Å². The van der Waals surface area contributed by atoms with E-state index in [1.54, 1.807) is 0 Å². The standard InChI is InChI=1S/C19H30N2/c1-20-12-10-16-6-8-17(9-7-16)14-21-13-11-18-4-2-3-5-19(18)15-21/h6-9,18-20H,2-5,10-15H2,1H3. The number of likely N-dealkylation sites (tertiary alicyclic amines) is 1. The first-order valence-electron chi connectivity index (χ1n) is 8.80. The average Bonchev–Trinajstić information content (AvgIpc) is 2.54. The van der Waals surface area contributed by atoms with Crippen molar-refractivity contribution in [3.05, 3.63) is 35.4 Å². The molecule has 0 amide bonds. The predicted molar refractivity (Wildman–Crippen MR) is 89.4 cm³/mol. The number of piperidine rings is 1. The molecule has 1 saturated heterocycles. The first-order chi connectivity index (χ1) is 10.3. The maximum atomic E-state index is 3.21. The average molecular weight is 286 g/mol. The van der Waals surface area contributed by atoms with Gasteiger partial charge < -0.3 is 5.32 Å². The van der Waals surface area contributed by atoms with E-state index in [9.17, 15) is 0 Å². The van der Waals surface area contributed by atoms with E-state index >= 15 is 0 Å². The number of likely N-dealkylation sites (N-methyl/N-ethyl adjacent to an activating group) is 1. The highest BCUT2D eigenvalue weighted by Crippen LogP contribution is 2.36. The quantitative estimate of drug-likeness (QED) is 0.892. The van der Waals surface area contributed by atoms with Crippen LogP contribution in [0.2, 0.25) is 0 Å². The van der Waals surface area contributed by atoms with E-state index in [-0.39, 0.29) is 0 Å². The minimum Gasteiger partial charge on any atom is -0.319 e. The van der Waals surface area contributed by atoms with Crippen LogP contribution in [0.5, 0.6) is 0 Å². The third-order valence-corrected chi connectivity index (χ3v) is 5.47. The van der Waals surface area contributed by atoms with Crippen molar-refractivity contribution in [1.82, 2.24) is 10.2 Å². The molecule has 2 aliphatic rings. The minimum atomic E-state index is 0.988. The highest BCUT2D eigenvalue weighted by molar-refractivity contribution is 5.22. The maximum absolute atomic E-state index is 3.21. The van der Waals surface area contributed by atoms with Gasteiger partial charge in [0.25, 0.3) is 0 Å². The van der Waals surface area contributed by atoms with E-state index < -0.39 is 0 Å². The van der Waals surface area contributed by atoms with Crippen LogP contribution in [0.3, 0.4) is 0 Å². The van der Waals surface area contributed by atoms with Crippen molar-refractivity contribution in [2.24, 2.45) is 11.8 Å². The molecule has 2 unspecified atom stereocenters. The molecule has 2 atom stereocenters. The molecule has 2 nitrogen and oxygen atoms in total. The number of fused-ring (bicyclic) bond motifs is 1. The summed E-state index contributed by atoms with van der Waals surface area (Å²) in [5.74, 6) is 2.03. The number of benzene rings is 1. The summed E-state index contributed by atoms with van der Waals surface area (Å²) in [5.41, 5.74) is 2.93. The highest BCUT2D eigenvalue weighted by atomic mass is 15.1. The van der Waals surface area contributed by atoms with Gasteiger partial charge in [-0.05, 0) is 62.4 Å².